The second-order valence-corrected chi connectivity index (χ2v) is 9.83. The quantitative estimate of drug-likeness (QED) is 0.467. The van der Waals surface area contributed by atoms with Crippen LogP contribution < -0.4 is 0 Å². The summed E-state index contributed by atoms with van der Waals surface area (Å²) in [4.78, 5) is 11.5. The molecule has 2 heteroatoms. The molecule has 4 aliphatic rings. The van der Waals surface area contributed by atoms with E-state index in [4.69, 9.17) is 4.74 Å². The summed E-state index contributed by atoms with van der Waals surface area (Å²) in [6.45, 7) is 10.9. The highest BCUT2D eigenvalue weighted by Crippen LogP contribution is 2.66. The molecular formula is C22H34O2. The summed E-state index contributed by atoms with van der Waals surface area (Å²) in [5, 5.41) is 0. The first-order valence-corrected chi connectivity index (χ1v) is 10.2. The molecule has 4 aliphatic carbocycles. The Kier molecular flexibility index (Phi) is 3.89. The molecule has 134 valence electrons. The number of fused-ring (bicyclic) bond motifs is 5. The summed E-state index contributed by atoms with van der Waals surface area (Å²) in [6.07, 6.45) is 11.8. The van der Waals surface area contributed by atoms with Crippen LogP contribution in [0, 0.1) is 34.5 Å². The van der Waals surface area contributed by atoms with Gasteiger partial charge in [0.1, 0.15) is 6.10 Å². The maximum Gasteiger partial charge on any atom is 0.302 e. The van der Waals surface area contributed by atoms with Gasteiger partial charge in [-0.25, -0.2) is 0 Å². The highest BCUT2D eigenvalue weighted by molar-refractivity contribution is 5.66. The normalized spacial score (nSPS) is 50.6. The third-order valence-electron chi connectivity index (χ3n) is 8.84. The Balaban J connectivity index is 1.58. The fourth-order valence-electron chi connectivity index (χ4n) is 7.50. The Hall–Kier alpha value is -0.790. The van der Waals surface area contributed by atoms with Crippen LogP contribution in [0.1, 0.15) is 78.6 Å². The third-order valence-corrected chi connectivity index (χ3v) is 8.84. The first kappa shape index (κ1) is 16.7. The molecule has 0 bridgehead atoms. The average Bonchev–Trinajstić information content (AvgIpc) is 2.84. The lowest BCUT2D eigenvalue weighted by Gasteiger charge is -2.60. The fourth-order valence-corrected chi connectivity index (χ4v) is 7.50. The summed E-state index contributed by atoms with van der Waals surface area (Å²) >= 11 is 0. The van der Waals surface area contributed by atoms with Gasteiger partial charge < -0.3 is 4.74 Å². The van der Waals surface area contributed by atoms with E-state index in [9.17, 15) is 4.79 Å². The zero-order valence-electron chi connectivity index (χ0n) is 15.8. The smallest absolute Gasteiger partial charge is 0.302 e. The highest BCUT2D eigenvalue weighted by Gasteiger charge is 2.60. The molecule has 0 aromatic carbocycles. The first-order chi connectivity index (χ1) is 11.3. The molecule has 0 saturated heterocycles. The molecule has 0 spiro atoms. The number of carbonyl (C=O) groups is 1. The second kappa shape index (κ2) is 5.61. The lowest BCUT2D eigenvalue weighted by molar-refractivity contribution is -0.160. The molecule has 0 N–H and O–H groups in total. The minimum absolute atomic E-state index is 0.0922. The van der Waals surface area contributed by atoms with E-state index in [0.717, 1.165) is 30.1 Å². The molecule has 0 aromatic heterocycles. The van der Waals surface area contributed by atoms with Crippen molar-refractivity contribution in [3.8, 4) is 0 Å². The summed E-state index contributed by atoms with van der Waals surface area (Å²) < 4.78 is 5.76. The van der Waals surface area contributed by atoms with E-state index in [1.807, 2.05) is 0 Å². The van der Waals surface area contributed by atoms with Crippen LogP contribution in [0.3, 0.4) is 0 Å². The highest BCUT2D eigenvalue weighted by atomic mass is 16.5. The number of hydrogen-bond donors (Lipinski definition) is 0. The van der Waals surface area contributed by atoms with Crippen molar-refractivity contribution < 1.29 is 9.53 Å². The van der Waals surface area contributed by atoms with E-state index < -0.39 is 0 Å². The van der Waals surface area contributed by atoms with Crippen molar-refractivity contribution >= 4 is 5.97 Å². The number of rotatable bonds is 1. The van der Waals surface area contributed by atoms with Gasteiger partial charge in [0.25, 0.3) is 0 Å². The molecule has 7 atom stereocenters. The maximum atomic E-state index is 11.5. The molecule has 24 heavy (non-hydrogen) atoms. The Morgan fingerprint density at radius 2 is 1.79 bits per heavy atom. The largest absolute Gasteiger partial charge is 0.462 e. The van der Waals surface area contributed by atoms with Crippen LogP contribution in [0.25, 0.3) is 0 Å². The monoisotopic (exact) mass is 330 g/mol. The van der Waals surface area contributed by atoms with Gasteiger partial charge in [0.05, 0.1) is 0 Å². The van der Waals surface area contributed by atoms with Crippen molar-refractivity contribution in [1.29, 1.82) is 0 Å². The van der Waals surface area contributed by atoms with Gasteiger partial charge >= 0.3 is 5.97 Å². The molecule has 0 aliphatic heterocycles. The average molecular weight is 331 g/mol. The van der Waals surface area contributed by atoms with Gasteiger partial charge in [-0.3, -0.25) is 4.79 Å². The molecule has 0 amide bonds. The minimum atomic E-state index is -0.0922. The summed E-state index contributed by atoms with van der Waals surface area (Å²) in [6, 6.07) is 0. The van der Waals surface area contributed by atoms with Crippen molar-refractivity contribution in [1.82, 2.24) is 0 Å². The van der Waals surface area contributed by atoms with Crippen molar-refractivity contribution in [2.24, 2.45) is 34.5 Å². The van der Waals surface area contributed by atoms with Crippen LogP contribution in [0.2, 0.25) is 0 Å². The van der Waals surface area contributed by atoms with Crippen molar-refractivity contribution in [3.63, 3.8) is 0 Å². The summed E-state index contributed by atoms with van der Waals surface area (Å²) in [7, 11) is 0. The number of esters is 1. The van der Waals surface area contributed by atoms with Crippen molar-refractivity contribution in [2.75, 3.05) is 0 Å². The first-order valence-electron chi connectivity index (χ1n) is 10.2. The topological polar surface area (TPSA) is 26.3 Å². The van der Waals surface area contributed by atoms with E-state index >= 15 is 0 Å². The molecule has 0 radical (unpaired) electrons. The third kappa shape index (κ3) is 2.31. The summed E-state index contributed by atoms with van der Waals surface area (Å²) in [5.74, 6) is 3.29. The van der Waals surface area contributed by atoms with Gasteiger partial charge in [-0.15, -0.1) is 0 Å². The van der Waals surface area contributed by atoms with Gasteiger partial charge in [-0.05, 0) is 86.9 Å². The van der Waals surface area contributed by atoms with Gasteiger partial charge in [0, 0.05) is 12.3 Å². The zero-order valence-corrected chi connectivity index (χ0v) is 15.8. The minimum Gasteiger partial charge on any atom is -0.462 e. The SMILES string of the molecule is C=C1CC[C@@]2(C)[C@@H](CC[C@@H]3[C@H]4CC[C@H](OC(C)=O)[C@@]4(C)CC[C@@H]32)C1. The Bertz CT molecular complexity index is 552. The van der Waals surface area contributed by atoms with E-state index in [2.05, 4.69) is 20.4 Å². The lowest BCUT2D eigenvalue weighted by Crippen LogP contribution is -2.53. The van der Waals surface area contributed by atoms with Gasteiger partial charge in [-0.2, -0.15) is 0 Å². The number of carbonyl (C=O) groups excluding carboxylic acids is 1. The standard InChI is InChI=1S/C22H34O2/c1-14-9-11-21(3)16(13-14)5-6-17-18-7-8-20(24-15(2)23)22(18,4)12-10-19(17)21/h16-20H,1,5-13H2,2-4H3/t16-,17+,18+,19-,20-,21-,22-/m0/s1. The molecular weight excluding hydrogens is 296 g/mol. The van der Waals surface area contributed by atoms with E-state index in [0.29, 0.717) is 5.41 Å². The number of hydrogen-bond acceptors (Lipinski definition) is 2. The number of ether oxygens (including phenoxy) is 1. The summed E-state index contributed by atoms with van der Waals surface area (Å²) in [5.41, 5.74) is 2.26. The van der Waals surface area contributed by atoms with E-state index in [1.165, 1.54) is 56.9 Å². The van der Waals surface area contributed by atoms with Gasteiger partial charge in [0.15, 0.2) is 0 Å². The van der Waals surface area contributed by atoms with E-state index in [-0.39, 0.29) is 17.5 Å². The Morgan fingerprint density at radius 1 is 1.04 bits per heavy atom. The molecule has 0 aromatic rings. The van der Waals surface area contributed by atoms with Crippen LogP contribution in [0.15, 0.2) is 12.2 Å². The molecule has 4 rings (SSSR count). The number of allylic oxidation sites excluding steroid dienone is 1. The van der Waals surface area contributed by atoms with Crippen LogP contribution in [0.5, 0.6) is 0 Å². The molecule has 2 nitrogen and oxygen atoms in total. The maximum absolute atomic E-state index is 11.5. The predicted octanol–water partition coefficient (Wildman–Crippen LogP) is 5.52. The van der Waals surface area contributed by atoms with Gasteiger partial charge in [0.2, 0.25) is 0 Å². The lowest BCUT2D eigenvalue weighted by atomic mass is 9.45. The molecule has 4 saturated carbocycles. The predicted molar refractivity (Wildman–Crippen MR) is 96.4 cm³/mol. The van der Waals surface area contributed by atoms with Crippen LogP contribution >= 0.6 is 0 Å². The van der Waals surface area contributed by atoms with Crippen molar-refractivity contribution in [2.45, 2.75) is 84.7 Å². The van der Waals surface area contributed by atoms with Crippen LogP contribution in [-0.2, 0) is 9.53 Å². The molecule has 4 fully saturated rings. The van der Waals surface area contributed by atoms with Crippen LogP contribution in [0.4, 0.5) is 0 Å². The van der Waals surface area contributed by atoms with Crippen LogP contribution in [-0.4, -0.2) is 12.1 Å². The Labute approximate surface area is 147 Å². The molecule has 0 unspecified atom stereocenters. The second-order valence-electron chi connectivity index (χ2n) is 9.83. The zero-order chi connectivity index (χ0) is 17.1. The van der Waals surface area contributed by atoms with Gasteiger partial charge in [-0.1, -0.05) is 26.0 Å². The fraction of sp³-hybridized carbons (Fsp3) is 0.864. The Morgan fingerprint density at radius 3 is 2.54 bits per heavy atom. The van der Waals surface area contributed by atoms with E-state index in [1.54, 1.807) is 6.92 Å². The molecule has 0 heterocycles. The van der Waals surface area contributed by atoms with Crippen molar-refractivity contribution in [3.05, 3.63) is 12.2 Å².